The summed E-state index contributed by atoms with van der Waals surface area (Å²) in [6.45, 7) is 2.43. The van der Waals surface area contributed by atoms with Gasteiger partial charge in [-0.2, -0.15) is 0 Å². The molecule has 1 aromatic heterocycles. The predicted octanol–water partition coefficient (Wildman–Crippen LogP) is 0.378. The number of amides is 1. The highest BCUT2D eigenvalue weighted by molar-refractivity contribution is 5.93. The number of carbonyl (C=O) groups excluding carboxylic acids is 1. The smallest absolute Gasteiger partial charge is 0.252 e. The molecule has 1 aliphatic heterocycles. The molecule has 0 bridgehead atoms. The van der Waals surface area contributed by atoms with Gasteiger partial charge in [0.25, 0.3) is 5.91 Å². The lowest BCUT2D eigenvalue weighted by Crippen LogP contribution is -2.28. The largest absolute Gasteiger partial charge is 0.474 e. The summed E-state index contributed by atoms with van der Waals surface area (Å²) in [6.07, 6.45) is 3.35. The normalized spacial score (nSPS) is 15.5. The zero-order valence-corrected chi connectivity index (χ0v) is 12.5. The van der Waals surface area contributed by atoms with Gasteiger partial charge in [-0.05, 0) is 6.07 Å². The summed E-state index contributed by atoms with van der Waals surface area (Å²) in [6, 6.07) is 3.39. The Labute approximate surface area is 129 Å². The van der Waals surface area contributed by atoms with Crippen molar-refractivity contribution in [1.82, 2.24) is 10.3 Å². The molecule has 0 saturated carbocycles. The van der Waals surface area contributed by atoms with Crippen molar-refractivity contribution in [1.29, 1.82) is 0 Å². The number of hydrogen-bond donors (Lipinski definition) is 2. The standard InChI is InChI=1S/C15H22N2O5/c18-6-10-21-9-5-16-15(19)12-1-2-14(17-11-12)22-13-3-7-20-8-4-13/h1-2,11,13,18H,3-10H2,(H,16,19). The zero-order chi connectivity index (χ0) is 15.6. The van der Waals surface area contributed by atoms with E-state index >= 15 is 0 Å². The molecule has 1 amide bonds. The van der Waals surface area contributed by atoms with Crippen LogP contribution in [0.25, 0.3) is 0 Å². The Balaban J connectivity index is 1.74. The topological polar surface area (TPSA) is 89.9 Å². The maximum Gasteiger partial charge on any atom is 0.252 e. The summed E-state index contributed by atoms with van der Waals surface area (Å²) in [5.74, 6) is 0.312. The van der Waals surface area contributed by atoms with Gasteiger partial charge < -0.3 is 24.6 Å². The Morgan fingerprint density at radius 1 is 1.36 bits per heavy atom. The van der Waals surface area contributed by atoms with E-state index < -0.39 is 0 Å². The van der Waals surface area contributed by atoms with Crippen molar-refractivity contribution >= 4 is 5.91 Å². The molecule has 2 heterocycles. The number of carbonyl (C=O) groups is 1. The van der Waals surface area contributed by atoms with Crippen LogP contribution < -0.4 is 10.1 Å². The third-order valence-electron chi connectivity index (χ3n) is 3.22. The van der Waals surface area contributed by atoms with Crippen LogP contribution in [-0.4, -0.2) is 61.7 Å². The van der Waals surface area contributed by atoms with Gasteiger partial charge in [0.05, 0.1) is 38.6 Å². The molecule has 2 rings (SSSR count). The molecule has 122 valence electrons. The Morgan fingerprint density at radius 3 is 2.86 bits per heavy atom. The molecule has 1 fully saturated rings. The Kier molecular flexibility index (Phi) is 7.08. The van der Waals surface area contributed by atoms with Crippen LogP contribution in [0.2, 0.25) is 0 Å². The van der Waals surface area contributed by atoms with Crippen molar-refractivity contribution in [2.45, 2.75) is 18.9 Å². The van der Waals surface area contributed by atoms with Crippen LogP contribution in [0.15, 0.2) is 18.3 Å². The second-order valence-electron chi connectivity index (χ2n) is 4.91. The minimum atomic E-state index is -0.210. The highest BCUT2D eigenvalue weighted by atomic mass is 16.5. The van der Waals surface area contributed by atoms with Gasteiger partial charge in [-0.25, -0.2) is 4.98 Å². The quantitative estimate of drug-likeness (QED) is 0.675. The van der Waals surface area contributed by atoms with E-state index in [-0.39, 0.29) is 25.2 Å². The molecule has 7 nitrogen and oxygen atoms in total. The number of aromatic nitrogens is 1. The van der Waals surface area contributed by atoms with Gasteiger partial charge in [0.2, 0.25) is 5.88 Å². The summed E-state index contributed by atoms with van der Waals surface area (Å²) in [5, 5.41) is 11.3. The van der Waals surface area contributed by atoms with Crippen molar-refractivity contribution in [3.05, 3.63) is 23.9 Å². The minimum Gasteiger partial charge on any atom is -0.474 e. The van der Waals surface area contributed by atoms with Gasteiger partial charge in [-0.1, -0.05) is 0 Å². The number of rotatable bonds is 8. The number of pyridine rings is 1. The molecular weight excluding hydrogens is 288 g/mol. The lowest BCUT2D eigenvalue weighted by atomic mass is 10.1. The van der Waals surface area contributed by atoms with E-state index in [4.69, 9.17) is 19.3 Å². The SMILES string of the molecule is O=C(NCCOCCO)c1ccc(OC2CCOCC2)nc1. The lowest BCUT2D eigenvalue weighted by molar-refractivity contribution is 0.0237. The number of ether oxygens (including phenoxy) is 3. The first-order valence-corrected chi connectivity index (χ1v) is 7.47. The summed E-state index contributed by atoms with van der Waals surface area (Å²) in [5.41, 5.74) is 0.474. The van der Waals surface area contributed by atoms with Crippen molar-refractivity contribution in [2.24, 2.45) is 0 Å². The second kappa shape index (κ2) is 9.34. The fourth-order valence-electron chi connectivity index (χ4n) is 2.05. The molecule has 0 aliphatic carbocycles. The number of hydrogen-bond acceptors (Lipinski definition) is 6. The third kappa shape index (κ3) is 5.59. The fourth-order valence-corrected chi connectivity index (χ4v) is 2.05. The number of nitrogens with one attached hydrogen (secondary N) is 1. The number of aliphatic hydroxyl groups excluding tert-OH is 1. The first-order valence-electron chi connectivity index (χ1n) is 7.47. The first-order chi connectivity index (χ1) is 10.8. The average Bonchev–Trinajstić information content (AvgIpc) is 2.56. The molecule has 0 radical (unpaired) electrons. The predicted molar refractivity (Wildman–Crippen MR) is 78.9 cm³/mol. The molecule has 0 unspecified atom stereocenters. The van der Waals surface area contributed by atoms with E-state index in [1.165, 1.54) is 6.20 Å². The van der Waals surface area contributed by atoms with Crippen LogP contribution in [0.1, 0.15) is 23.2 Å². The summed E-state index contributed by atoms with van der Waals surface area (Å²) in [4.78, 5) is 16.0. The molecule has 1 aliphatic rings. The molecule has 1 aromatic rings. The van der Waals surface area contributed by atoms with E-state index in [2.05, 4.69) is 10.3 Å². The average molecular weight is 310 g/mol. The number of aliphatic hydroxyl groups is 1. The van der Waals surface area contributed by atoms with E-state index in [1.54, 1.807) is 12.1 Å². The van der Waals surface area contributed by atoms with Crippen LogP contribution in [0.3, 0.4) is 0 Å². The van der Waals surface area contributed by atoms with Crippen molar-refractivity contribution < 1.29 is 24.1 Å². The van der Waals surface area contributed by atoms with E-state index in [1.807, 2.05) is 0 Å². The van der Waals surface area contributed by atoms with Gasteiger partial charge in [0.15, 0.2) is 0 Å². The van der Waals surface area contributed by atoms with Crippen LogP contribution in [0, 0.1) is 0 Å². The summed E-state index contributed by atoms with van der Waals surface area (Å²) in [7, 11) is 0. The van der Waals surface area contributed by atoms with Crippen molar-refractivity contribution in [3.63, 3.8) is 0 Å². The molecular formula is C15H22N2O5. The Hall–Kier alpha value is -1.70. The fraction of sp³-hybridized carbons (Fsp3) is 0.600. The Bertz CT molecular complexity index is 446. The number of nitrogens with zero attached hydrogens (tertiary/aromatic N) is 1. The van der Waals surface area contributed by atoms with Gasteiger partial charge in [-0.15, -0.1) is 0 Å². The van der Waals surface area contributed by atoms with Crippen molar-refractivity contribution in [2.75, 3.05) is 39.6 Å². The monoisotopic (exact) mass is 310 g/mol. The third-order valence-corrected chi connectivity index (χ3v) is 3.22. The van der Waals surface area contributed by atoms with Gasteiger partial charge in [0.1, 0.15) is 6.10 Å². The minimum absolute atomic E-state index is 0.0214. The highest BCUT2D eigenvalue weighted by Crippen LogP contribution is 2.15. The second-order valence-corrected chi connectivity index (χ2v) is 4.91. The molecule has 22 heavy (non-hydrogen) atoms. The van der Waals surface area contributed by atoms with Gasteiger partial charge >= 0.3 is 0 Å². The Morgan fingerprint density at radius 2 is 2.18 bits per heavy atom. The molecule has 0 atom stereocenters. The summed E-state index contributed by atoms with van der Waals surface area (Å²) >= 11 is 0. The van der Waals surface area contributed by atoms with Crippen LogP contribution >= 0.6 is 0 Å². The zero-order valence-electron chi connectivity index (χ0n) is 12.5. The first kappa shape index (κ1) is 16.7. The maximum absolute atomic E-state index is 11.9. The van der Waals surface area contributed by atoms with Gasteiger partial charge in [-0.3, -0.25) is 4.79 Å². The van der Waals surface area contributed by atoms with Crippen molar-refractivity contribution in [3.8, 4) is 5.88 Å². The van der Waals surface area contributed by atoms with E-state index in [9.17, 15) is 4.79 Å². The van der Waals surface area contributed by atoms with Crippen LogP contribution in [0.5, 0.6) is 5.88 Å². The molecule has 0 aromatic carbocycles. The van der Waals surface area contributed by atoms with Crippen LogP contribution in [-0.2, 0) is 9.47 Å². The van der Waals surface area contributed by atoms with Crippen LogP contribution in [0.4, 0.5) is 0 Å². The van der Waals surface area contributed by atoms with E-state index in [0.29, 0.717) is 37.8 Å². The molecule has 0 spiro atoms. The van der Waals surface area contributed by atoms with Gasteiger partial charge in [0, 0.05) is 31.6 Å². The van der Waals surface area contributed by atoms with E-state index in [0.717, 1.165) is 12.8 Å². The lowest BCUT2D eigenvalue weighted by Gasteiger charge is -2.22. The molecule has 1 saturated heterocycles. The molecule has 7 heteroatoms. The maximum atomic E-state index is 11.9. The highest BCUT2D eigenvalue weighted by Gasteiger charge is 2.16. The molecule has 2 N–H and O–H groups in total. The summed E-state index contributed by atoms with van der Waals surface area (Å²) < 4.78 is 16.1.